The third-order valence-corrected chi connectivity index (χ3v) is 5.82. The van der Waals surface area contributed by atoms with Crippen LogP contribution in [0.3, 0.4) is 0 Å². The molecule has 2 aromatic rings. The van der Waals surface area contributed by atoms with Gasteiger partial charge in [-0.1, -0.05) is 30.3 Å². The number of aliphatic hydroxyl groups excluding tert-OH is 2. The summed E-state index contributed by atoms with van der Waals surface area (Å²) in [5.74, 6) is -2.61. The van der Waals surface area contributed by atoms with E-state index in [1.165, 1.54) is 19.1 Å². The fraction of sp³-hybridized carbons (Fsp3) is 0.269. The number of aliphatic hydroxyl groups is 2. The third kappa shape index (κ3) is 5.02. The number of rotatable bonds is 9. The van der Waals surface area contributed by atoms with Crippen molar-refractivity contribution >= 4 is 23.3 Å². The maximum Gasteiger partial charge on any atom is 0.355 e. The predicted molar refractivity (Wildman–Crippen MR) is 132 cm³/mol. The number of anilines is 2. The highest BCUT2D eigenvalue weighted by Gasteiger charge is 2.42. The summed E-state index contributed by atoms with van der Waals surface area (Å²) < 4.78 is 10.0. The van der Waals surface area contributed by atoms with E-state index in [-0.39, 0.29) is 35.9 Å². The van der Waals surface area contributed by atoms with Crippen molar-refractivity contribution in [1.29, 1.82) is 5.26 Å². The average molecular weight is 493 g/mol. The van der Waals surface area contributed by atoms with Crippen LogP contribution in [0.2, 0.25) is 0 Å². The van der Waals surface area contributed by atoms with Gasteiger partial charge in [0.05, 0.1) is 50.6 Å². The number of esters is 2. The SMILES string of the molecule is COC(=O)C1=C(C(=O)OC)N(c2ccc(N(CCO)CCO)cc2)C(N)=C(C#N)C1c1ccccc1. The van der Waals surface area contributed by atoms with Gasteiger partial charge < -0.3 is 30.3 Å². The van der Waals surface area contributed by atoms with E-state index in [1.54, 1.807) is 59.5 Å². The van der Waals surface area contributed by atoms with Gasteiger partial charge in [0.25, 0.3) is 0 Å². The molecule has 10 heteroatoms. The number of nitrogens with two attached hydrogens (primary N) is 1. The topological polar surface area (TPSA) is 149 Å². The Kier molecular flexibility index (Phi) is 8.67. The zero-order valence-electron chi connectivity index (χ0n) is 20.0. The molecule has 1 aliphatic rings. The summed E-state index contributed by atoms with van der Waals surface area (Å²) in [4.78, 5) is 29.3. The van der Waals surface area contributed by atoms with Gasteiger partial charge in [0.15, 0.2) is 0 Å². The summed E-state index contributed by atoms with van der Waals surface area (Å²) in [6.07, 6.45) is 0. The Balaban J connectivity index is 2.25. The lowest BCUT2D eigenvalue weighted by atomic mass is 9.81. The molecular weight excluding hydrogens is 464 g/mol. The number of carbonyl (C=O) groups excluding carboxylic acids is 2. The van der Waals surface area contributed by atoms with Gasteiger partial charge in [0.1, 0.15) is 11.5 Å². The summed E-state index contributed by atoms with van der Waals surface area (Å²) in [6.45, 7) is 0.410. The highest BCUT2D eigenvalue weighted by Crippen LogP contribution is 2.43. The molecule has 0 saturated carbocycles. The number of nitriles is 1. The van der Waals surface area contributed by atoms with Crippen LogP contribution in [0, 0.1) is 11.3 Å². The zero-order valence-corrected chi connectivity index (χ0v) is 20.0. The molecule has 36 heavy (non-hydrogen) atoms. The second-order valence-corrected chi connectivity index (χ2v) is 7.79. The van der Waals surface area contributed by atoms with Crippen molar-refractivity contribution in [3.05, 3.63) is 82.8 Å². The standard InChI is InChI=1S/C26H28N4O6/c1-35-25(33)22-21(17-6-4-3-5-7-17)20(16-27)24(28)30(23(22)26(34)36-2)19-10-8-18(9-11-19)29(12-14-31)13-15-32/h3-11,21,31-32H,12-15,28H2,1-2H3. The van der Waals surface area contributed by atoms with Crippen molar-refractivity contribution in [1.82, 2.24) is 0 Å². The maximum absolute atomic E-state index is 13.1. The minimum absolute atomic E-state index is 0.0327. The molecular formula is C26H28N4O6. The van der Waals surface area contributed by atoms with Gasteiger partial charge >= 0.3 is 11.9 Å². The third-order valence-electron chi connectivity index (χ3n) is 5.82. The molecule has 1 aliphatic heterocycles. The molecule has 1 atom stereocenters. The summed E-state index contributed by atoms with van der Waals surface area (Å²) in [5.41, 5.74) is 8.00. The van der Waals surface area contributed by atoms with Crippen molar-refractivity contribution in [2.75, 3.05) is 50.3 Å². The Morgan fingerprint density at radius 2 is 1.58 bits per heavy atom. The Labute approximate surface area is 209 Å². The number of methoxy groups -OCH3 is 2. The fourth-order valence-corrected chi connectivity index (χ4v) is 4.21. The molecule has 0 fully saturated rings. The van der Waals surface area contributed by atoms with Gasteiger partial charge in [-0.3, -0.25) is 4.90 Å². The Bertz CT molecular complexity index is 1200. The first kappa shape index (κ1) is 26.3. The van der Waals surface area contributed by atoms with E-state index >= 15 is 0 Å². The summed E-state index contributed by atoms with van der Waals surface area (Å²) in [5, 5.41) is 28.8. The van der Waals surface area contributed by atoms with Crippen molar-refractivity contribution < 1.29 is 29.3 Å². The van der Waals surface area contributed by atoms with E-state index in [4.69, 9.17) is 15.2 Å². The second-order valence-electron chi connectivity index (χ2n) is 7.79. The average Bonchev–Trinajstić information content (AvgIpc) is 2.92. The molecule has 4 N–H and O–H groups in total. The van der Waals surface area contributed by atoms with E-state index < -0.39 is 17.9 Å². The molecule has 3 rings (SSSR count). The minimum Gasteiger partial charge on any atom is -0.466 e. The molecule has 10 nitrogen and oxygen atoms in total. The van der Waals surface area contributed by atoms with Crippen LogP contribution in [0.4, 0.5) is 11.4 Å². The smallest absolute Gasteiger partial charge is 0.355 e. The summed E-state index contributed by atoms with van der Waals surface area (Å²) >= 11 is 0. The molecule has 0 bridgehead atoms. The molecule has 2 aromatic carbocycles. The monoisotopic (exact) mass is 492 g/mol. The molecule has 0 amide bonds. The number of hydrogen-bond donors (Lipinski definition) is 3. The quantitative estimate of drug-likeness (QED) is 0.438. The molecule has 1 unspecified atom stereocenters. The van der Waals surface area contributed by atoms with Gasteiger partial charge in [-0.15, -0.1) is 0 Å². The van der Waals surface area contributed by atoms with E-state index in [9.17, 15) is 25.1 Å². The first-order valence-electron chi connectivity index (χ1n) is 11.2. The van der Waals surface area contributed by atoms with Gasteiger partial charge in [-0.25, -0.2) is 9.59 Å². The molecule has 0 saturated heterocycles. The fourth-order valence-electron chi connectivity index (χ4n) is 4.21. The van der Waals surface area contributed by atoms with Crippen LogP contribution in [-0.2, 0) is 19.1 Å². The normalized spacial score (nSPS) is 15.4. The molecule has 0 spiro atoms. The first-order valence-corrected chi connectivity index (χ1v) is 11.2. The Hall–Kier alpha value is -4.33. The Morgan fingerprint density at radius 3 is 2.08 bits per heavy atom. The number of carbonyl (C=O) groups is 2. The van der Waals surface area contributed by atoms with E-state index in [0.717, 1.165) is 0 Å². The first-order chi connectivity index (χ1) is 17.4. The minimum atomic E-state index is -0.946. The van der Waals surface area contributed by atoms with Crippen molar-refractivity contribution in [3.63, 3.8) is 0 Å². The van der Waals surface area contributed by atoms with Crippen LogP contribution in [-0.4, -0.2) is 62.7 Å². The molecule has 1 heterocycles. The van der Waals surface area contributed by atoms with E-state index in [1.807, 2.05) is 0 Å². The molecule has 188 valence electrons. The van der Waals surface area contributed by atoms with Crippen molar-refractivity contribution in [2.45, 2.75) is 5.92 Å². The zero-order chi connectivity index (χ0) is 26.2. The molecule has 0 radical (unpaired) electrons. The number of ether oxygens (including phenoxy) is 2. The maximum atomic E-state index is 13.1. The summed E-state index contributed by atoms with van der Waals surface area (Å²) in [7, 11) is 2.38. The lowest BCUT2D eigenvalue weighted by Crippen LogP contribution is -2.40. The lowest BCUT2D eigenvalue weighted by Gasteiger charge is -2.36. The highest BCUT2D eigenvalue weighted by molar-refractivity contribution is 6.06. The molecule has 0 aliphatic carbocycles. The number of hydrogen-bond acceptors (Lipinski definition) is 10. The Morgan fingerprint density at radius 1 is 1.00 bits per heavy atom. The van der Waals surface area contributed by atoms with Crippen LogP contribution in [0.5, 0.6) is 0 Å². The van der Waals surface area contributed by atoms with Gasteiger partial charge in [-0.05, 0) is 29.8 Å². The largest absolute Gasteiger partial charge is 0.466 e. The lowest BCUT2D eigenvalue weighted by molar-refractivity contribution is -0.139. The van der Waals surface area contributed by atoms with Gasteiger partial charge in [0, 0.05) is 24.5 Å². The summed E-state index contributed by atoms with van der Waals surface area (Å²) in [6, 6.07) is 17.6. The molecule has 0 aromatic heterocycles. The second kappa shape index (κ2) is 11.9. The number of nitrogens with zero attached hydrogens (tertiary/aromatic N) is 3. The van der Waals surface area contributed by atoms with Gasteiger partial charge in [0.2, 0.25) is 0 Å². The van der Waals surface area contributed by atoms with Gasteiger partial charge in [-0.2, -0.15) is 5.26 Å². The van der Waals surface area contributed by atoms with Crippen LogP contribution in [0.15, 0.2) is 77.3 Å². The van der Waals surface area contributed by atoms with Crippen molar-refractivity contribution in [2.24, 2.45) is 5.73 Å². The highest BCUT2D eigenvalue weighted by atomic mass is 16.5. The number of allylic oxidation sites excluding steroid dienone is 1. The number of benzene rings is 2. The van der Waals surface area contributed by atoms with Crippen LogP contribution < -0.4 is 15.5 Å². The van der Waals surface area contributed by atoms with E-state index in [0.29, 0.717) is 30.0 Å². The van der Waals surface area contributed by atoms with Crippen molar-refractivity contribution in [3.8, 4) is 6.07 Å². The van der Waals surface area contributed by atoms with Crippen LogP contribution in [0.1, 0.15) is 11.5 Å². The van der Waals surface area contributed by atoms with Crippen LogP contribution >= 0.6 is 0 Å². The van der Waals surface area contributed by atoms with E-state index in [2.05, 4.69) is 6.07 Å². The van der Waals surface area contributed by atoms with Crippen LogP contribution in [0.25, 0.3) is 0 Å². The predicted octanol–water partition coefficient (Wildman–Crippen LogP) is 1.38.